The molecular weight excluding hydrogens is 287 g/mol. The summed E-state index contributed by atoms with van der Waals surface area (Å²) in [5.74, 6) is -0.772. The van der Waals surface area contributed by atoms with Crippen LogP contribution in [0.2, 0.25) is 0 Å². The summed E-state index contributed by atoms with van der Waals surface area (Å²) in [6.45, 7) is 2.05. The lowest BCUT2D eigenvalue weighted by Gasteiger charge is -2.08. The Morgan fingerprint density at radius 1 is 1.24 bits per heavy atom. The highest BCUT2D eigenvalue weighted by atomic mass is 32.1. The number of aryl methyl sites for hydroxylation is 1. The van der Waals surface area contributed by atoms with Gasteiger partial charge in [0.1, 0.15) is 10.8 Å². The molecule has 0 spiro atoms. The van der Waals surface area contributed by atoms with E-state index in [2.05, 4.69) is 5.32 Å². The first-order valence-corrected chi connectivity index (χ1v) is 6.91. The van der Waals surface area contributed by atoms with Gasteiger partial charge in [0, 0.05) is 16.8 Å². The zero-order valence-electron chi connectivity index (χ0n) is 11.5. The van der Waals surface area contributed by atoms with Crippen molar-refractivity contribution in [3.63, 3.8) is 0 Å². The Bertz CT molecular complexity index is 683. The van der Waals surface area contributed by atoms with Gasteiger partial charge in [-0.05, 0) is 42.3 Å². The Morgan fingerprint density at radius 2 is 1.90 bits per heavy atom. The van der Waals surface area contributed by atoms with Gasteiger partial charge in [-0.3, -0.25) is 4.79 Å². The first kappa shape index (κ1) is 15.1. The molecule has 5 heteroatoms. The van der Waals surface area contributed by atoms with Crippen LogP contribution in [0, 0.1) is 5.82 Å². The second-order valence-electron chi connectivity index (χ2n) is 4.56. The molecule has 0 radical (unpaired) electrons. The number of anilines is 1. The fourth-order valence-corrected chi connectivity index (χ4v) is 2.04. The van der Waals surface area contributed by atoms with Gasteiger partial charge in [0.15, 0.2) is 0 Å². The van der Waals surface area contributed by atoms with Crippen molar-refractivity contribution < 1.29 is 9.18 Å². The summed E-state index contributed by atoms with van der Waals surface area (Å²) in [6.07, 6.45) is 0.914. The van der Waals surface area contributed by atoms with E-state index in [0.717, 1.165) is 12.0 Å². The Morgan fingerprint density at radius 3 is 2.48 bits per heavy atom. The van der Waals surface area contributed by atoms with Gasteiger partial charge in [0.05, 0.1) is 0 Å². The van der Waals surface area contributed by atoms with Crippen LogP contribution in [0.25, 0.3) is 0 Å². The first-order valence-electron chi connectivity index (χ1n) is 6.51. The van der Waals surface area contributed by atoms with Crippen molar-refractivity contribution >= 4 is 28.8 Å². The summed E-state index contributed by atoms with van der Waals surface area (Å²) in [7, 11) is 0. The fraction of sp³-hybridized carbons (Fsp3) is 0.125. The van der Waals surface area contributed by atoms with Crippen molar-refractivity contribution in [2.75, 3.05) is 5.32 Å². The highest BCUT2D eigenvalue weighted by Crippen LogP contribution is 2.16. The minimum atomic E-state index is -0.507. The van der Waals surface area contributed by atoms with Crippen LogP contribution in [-0.4, -0.2) is 10.9 Å². The highest BCUT2D eigenvalue weighted by Gasteiger charge is 2.10. The predicted molar refractivity (Wildman–Crippen MR) is 86.1 cm³/mol. The van der Waals surface area contributed by atoms with E-state index < -0.39 is 5.82 Å². The second-order valence-corrected chi connectivity index (χ2v) is 5.00. The lowest BCUT2D eigenvalue weighted by molar-refractivity contribution is 0.102. The topological polar surface area (TPSA) is 55.1 Å². The number of rotatable bonds is 4. The van der Waals surface area contributed by atoms with Crippen LogP contribution in [0.1, 0.15) is 28.4 Å². The third-order valence-corrected chi connectivity index (χ3v) is 3.33. The van der Waals surface area contributed by atoms with E-state index in [-0.39, 0.29) is 16.5 Å². The second kappa shape index (κ2) is 6.45. The first-order chi connectivity index (χ1) is 10.0. The monoisotopic (exact) mass is 302 g/mol. The van der Waals surface area contributed by atoms with Crippen molar-refractivity contribution in [3.05, 3.63) is 65.0 Å². The number of hydrogen-bond donors (Lipinski definition) is 2. The molecule has 2 aromatic rings. The number of hydrogen-bond acceptors (Lipinski definition) is 2. The average Bonchev–Trinajstić information content (AvgIpc) is 2.49. The summed E-state index contributed by atoms with van der Waals surface area (Å²) in [5.41, 5.74) is 7.69. The molecule has 3 N–H and O–H groups in total. The number of benzene rings is 2. The van der Waals surface area contributed by atoms with E-state index in [1.54, 1.807) is 12.1 Å². The van der Waals surface area contributed by atoms with Crippen molar-refractivity contribution in [1.29, 1.82) is 0 Å². The summed E-state index contributed by atoms with van der Waals surface area (Å²) < 4.78 is 13.5. The third-order valence-electron chi connectivity index (χ3n) is 3.11. The zero-order chi connectivity index (χ0) is 15.4. The van der Waals surface area contributed by atoms with Crippen molar-refractivity contribution in [3.8, 4) is 0 Å². The van der Waals surface area contributed by atoms with Crippen LogP contribution in [0.5, 0.6) is 0 Å². The van der Waals surface area contributed by atoms with Gasteiger partial charge >= 0.3 is 0 Å². The fourth-order valence-electron chi connectivity index (χ4n) is 1.89. The van der Waals surface area contributed by atoms with Crippen molar-refractivity contribution in [2.45, 2.75) is 13.3 Å². The van der Waals surface area contributed by atoms with Gasteiger partial charge in [0.2, 0.25) is 0 Å². The van der Waals surface area contributed by atoms with Crippen LogP contribution >= 0.6 is 12.2 Å². The molecule has 0 heterocycles. The Balaban J connectivity index is 2.19. The molecule has 3 nitrogen and oxygen atoms in total. The molecule has 0 saturated carbocycles. The lowest BCUT2D eigenvalue weighted by Crippen LogP contribution is -2.15. The van der Waals surface area contributed by atoms with Crippen LogP contribution in [0.3, 0.4) is 0 Å². The molecule has 0 bridgehead atoms. The summed E-state index contributed by atoms with van der Waals surface area (Å²) in [4.78, 5) is 12.1. The normalized spacial score (nSPS) is 10.2. The van der Waals surface area contributed by atoms with Gasteiger partial charge in [-0.1, -0.05) is 31.3 Å². The maximum atomic E-state index is 13.5. The summed E-state index contributed by atoms with van der Waals surface area (Å²) in [5, 5.41) is 2.70. The SMILES string of the molecule is CCc1ccc(C(=O)Nc2ccc(F)c(C(N)=S)c2)cc1. The van der Waals surface area contributed by atoms with Gasteiger partial charge in [-0.15, -0.1) is 0 Å². The van der Waals surface area contributed by atoms with E-state index in [4.69, 9.17) is 18.0 Å². The summed E-state index contributed by atoms with van der Waals surface area (Å²) in [6, 6.07) is 11.4. The number of nitrogens with two attached hydrogens (primary N) is 1. The molecule has 21 heavy (non-hydrogen) atoms. The Hall–Kier alpha value is -2.27. The van der Waals surface area contributed by atoms with Gasteiger partial charge in [-0.25, -0.2) is 4.39 Å². The Labute approximate surface area is 128 Å². The van der Waals surface area contributed by atoms with E-state index in [9.17, 15) is 9.18 Å². The zero-order valence-corrected chi connectivity index (χ0v) is 12.3. The Kier molecular flexibility index (Phi) is 4.65. The third kappa shape index (κ3) is 3.64. The van der Waals surface area contributed by atoms with E-state index in [1.165, 1.54) is 18.2 Å². The van der Waals surface area contributed by atoms with Crippen LogP contribution in [-0.2, 0) is 6.42 Å². The van der Waals surface area contributed by atoms with Crippen LogP contribution in [0.15, 0.2) is 42.5 Å². The van der Waals surface area contributed by atoms with Crippen LogP contribution in [0.4, 0.5) is 10.1 Å². The summed E-state index contributed by atoms with van der Waals surface area (Å²) >= 11 is 4.77. The van der Waals surface area contributed by atoms with E-state index in [0.29, 0.717) is 11.3 Å². The molecule has 0 aliphatic heterocycles. The number of carbonyl (C=O) groups is 1. The number of thiocarbonyl (C=S) groups is 1. The minimum Gasteiger partial charge on any atom is -0.389 e. The molecule has 1 amide bonds. The number of halogens is 1. The molecule has 0 fully saturated rings. The molecule has 0 unspecified atom stereocenters. The standard InChI is InChI=1S/C16H15FN2OS/c1-2-10-3-5-11(6-4-10)16(20)19-12-7-8-14(17)13(9-12)15(18)21/h3-9H,2H2,1H3,(H2,18,21)(H,19,20). The molecule has 0 aliphatic carbocycles. The van der Waals surface area contributed by atoms with Crippen LogP contribution < -0.4 is 11.1 Å². The largest absolute Gasteiger partial charge is 0.389 e. The molecular formula is C16H15FN2OS. The average molecular weight is 302 g/mol. The van der Waals surface area contributed by atoms with Gasteiger partial charge in [-0.2, -0.15) is 0 Å². The van der Waals surface area contributed by atoms with Gasteiger partial charge in [0.25, 0.3) is 5.91 Å². The maximum Gasteiger partial charge on any atom is 0.255 e. The van der Waals surface area contributed by atoms with Gasteiger partial charge < -0.3 is 11.1 Å². The highest BCUT2D eigenvalue weighted by molar-refractivity contribution is 7.80. The molecule has 108 valence electrons. The van der Waals surface area contributed by atoms with Crippen molar-refractivity contribution in [1.82, 2.24) is 0 Å². The van der Waals surface area contributed by atoms with E-state index >= 15 is 0 Å². The number of carbonyl (C=O) groups excluding carboxylic acids is 1. The lowest BCUT2D eigenvalue weighted by atomic mass is 10.1. The number of amides is 1. The molecule has 2 rings (SSSR count). The number of nitrogens with one attached hydrogen (secondary N) is 1. The maximum absolute atomic E-state index is 13.5. The minimum absolute atomic E-state index is 0.0455. The molecule has 0 aliphatic rings. The smallest absolute Gasteiger partial charge is 0.255 e. The molecule has 0 aromatic heterocycles. The van der Waals surface area contributed by atoms with Crippen molar-refractivity contribution in [2.24, 2.45) is 5.73 Å². The quantitative estimate of drug-likeness (QED) is 0.852. The molecule has 2 aromatic carbocycles. The molecule has 0 atom stereocenters. The van der Waals surface area contributed by atoms with E-state index in [1.807, 2.05) is 19.1 Å². The molecule has 0 saturated heterocycles. The predicted octanol–water partition coefficient (Wildman–Crippen LogP) is 3.27.